The Morgan fingerprint density at radius 3 is 2.40 bits per heavy atom. The SMILES string of the molecule is CC[C@H](NS(=O)(=O)c1ccc(-c2sc(C(=O)NCC(=O)CC(C)(C)C(=O)OC)nc2CN2CCCC(F)(F)C2)c(Cl)c1Cl)C(F)(F)F. The fourth-order valence-electron chi connectivity index (χ4n) is 4.87. The summed E-state index contributed by atoms with van der Waals surface area (Å²) >= 11 is 13.5. The number of sulfonamides is 1. The quantitative estimate of drug-likeness (QED) is 0.192. The summed E-state index contributed by atoms with van der Waals surface area (Å²) in [7, 11) is -3.63. The van der Waals surface area contributed by atoms with Gasteiger partial charge in [0.1, 0.15) is 10.9 Å². The number of piperidine rings is 1. The number of methoxy groups -OCH3 is 1. The van der Waals surface area contributed by atoms with Crippen molar-refractivity contribution < 1.29 is 49.5 Å². The number of benzene rings is 1. The summed E-state index contributed by atoms with van der Waals surface area (Å²) in [5, 5.41) is 1.22. The van der Waals surface area contributed by atoms with Crippen LogP contribution >= 0.6 is 34.5 Å². The lowest BCUT2D eigenvalue weighted by Gasteiger charge is -2.32. The number of hydrogen-bond donors (Lipinski definition) is 2. The van der Waals surface area contributed by atoms with Crippen LogP contribution < -0.4 is 10.0 Å². The number of carbonyl (C=O) groups excluding carboxylic acids is 3. The summed E-state index contributed by atoms with van der Waals surface area (Å²) in [4.78, 5) is 42.6. The maximum absolute atomic E-state index is 14.2. The van der Waals surface area contributed by atoms with E-state index in [4.69, 9.17) is 23.2 Å². The van der Waals surface area contributed by atoms with Crippen LogP contribution in [0.1, 0.15) is 62.0 Å². The van der Waals surface area contributed by atoms with Gasteiger partial charge in [0, 0.05) is 24.9 Å². The molecule has 1 aromatic carbocycles. The summed E-state index contributed by atoms with van der Waals surface area (Å²) < 4.78 is 100. The average Bonchev–Trinajstić information content (AvgIpc) is 3.37. The van der Waals surface area contributed by atoms with Crippen LogP contribution in [0.5, 0.6) is 0 Å². The molecule has 0 spiro atoms. The van der Waals surface area contributed by atoms with Crippen LogP contribution in [0.25, 0.3) is 10.4 Å². The van der Waals surface area contributed by atoms with Gasteiger partial charge in [-0.25, -0.2) is 22.2 Å². The van der Waals surface area contributed by atoms with E-state index in [1.807, 2.05) is 0 Å². The molecule has 0 aliphatic carbocycles. The molecule has 1 atom stereocenters. The largest absolute Gasteiger partial charge is 0.469 e. The number of likely N-dealkylation sites (tertiary alicyclic amines) is 1. The molecule has 3 rings (SSSR count). The van der Waals surface area contributed by atoms with Crippen molar-refractivity contribution in [2.75, 3.05) is 26.7 Å². The van der Waals surface area contributed by atoms with E-state index in [0.717, 1.165) is 24.3 Å². The molecule has 2 aromatic rings. The number of ketones is 1. The van der Waals surface area contributed by atoms with E-state index in [1.165, 1.54) is 31.9 Å². The lowest BCUT2D eigenvalue weighted by molar-refractivity contribution is -0.152. The van der Waals surface area contributed by atoms with Gasteiger partial charge in [-0.3, -0.25) is 19.3 Å². The zero-order valence-corrected chi connectivity index (χ0v) is 28.8. The van der Waals surface area contributed by atoms with Crippen LogP contribution in [0, 0.1) is 5.41 Å². The van der Waals surface area contributed by atoms with Gasteiger partial charge in [-0.15, -0.1) is 11.3 Å². The lowest BCUT2D eigenvalue weighted by atomic mass is 9.87. The van der Waals surface area contributed by atoms with Gasteiger partial charge in [0.15, 0.2) is 10.8 Å². The third-order valence-electron chi connectivity index (χ3n) is 7.24. The second kappa shape index (κ2) is 15.0. The summed E-state index contributed by atoms with van der Waals surface area (Å²) in [5.74, 6) is -4.88. The first-order valence-electron chi connectivity index (χ1n) is 14.2. The molecular weight excluding hydrogens is 718 g/mol. The summed E-state index contributed by atoms with van der Waals surface area (Å²) in [6.07, 6.45) is -5.82. The van der Waals surface area contributed by atoms with Gasteiger partial charge in [-0.1, -0.05) is 36.2 Å². The van der Waals surface area contributed by atoms with Crippen molar-refractivity contribution in [1.29, 1.82) is 0 Å². The van der Waals surface area contributed by atoms with Crippen molar-refractivity contribution in [3.63, 3.8) is 0 Å². The number of halogens is 7. The molecule has 0 bridgehead atoms. The number of thiazole rings is 1. The Bertz CT molecular complexity index is 1620. The number of esters is 1. The Morgan fingerprint density at radius 2 is 1.83 bits per heavy atom. The number of rotatable bonds is 13. The van der Waals surface area contributed by atoms with Gasteiger partial charge in [-0.05, 0) is 39.3 Å². The smallest absolute Gasteiger partial charge is 0.404 e. The van der Waals surface area contributed by atoms with Gasteiger partial charge in [-0.2, -0.15) is 17.9 Å². The zero-order valence-electron chi connectivity index (χ0n) is 25.7. The molecule has 2 heterocycles. The van der Waals surface area contributed by atoms with Crippen molar-refractivity contribution in [3.8, 4) is 10.4 Å². The standard InChI is InChI=1S/C28H33Cl2F5N4O6S2/c1-5-19(28(33,34)35)38-47(43,44)18-8-7-16(20(29)21(18)30)22-17(13-39-10-6-9-27(31,32)14-39)37-24(46-22)23(41)36-12-15(40)11-26(2,3)25(42)45-4/h7-8,19,38H,5-6,9-14H2,1-4H3,(H,36,41)/t19-/m0/s1. The monoisotopic (exact) mass is 750 g/mol. The Hall–Kier alpha value is -2.44. The second-order valence-electron chi connectivity index (χ2n) is 11.6. The molecule has 47 heavy (non-hydrogen) atoms. The number of carbonyl (C=O) groups is 3. The van der Waals surface area contributed by atoms with E-state index in [1.54, 1.807) is 4.72 Å². The molecule has 0 radical (unpaired) electrons. The van der Waals surface area contributed by atoms with E-state index in [2.05, 4.69) is 15.0 Å². The lowest BCUT2D eigenvalue weighted by Crippen LogP contribution is -2.44. The van der Waals surface area contributed by atoms with E-state index in [9.17, 15) is 44.8 Å². The number of aromatic nitrogens is 1. The highest BCUT2D eigenvalue weighted by Gasteiger charge is 2.42. The summed E-state index contributed by atoms with van der Waals surface area (Å²) in [5.41, 5.74) is -0.986. The Morgan fingerprint density at radius 1 is 1.17 bits per heavy atom. The van der Waals surface area contributed by atoms with Gasteiger partial charge in [0.05, 0.1) is 46.2 Å². The fraction of sp³-hybridized carbons (Fsp3) is 0.571. The average molecular weight is 752 g/mol. The Balaban J connectivity index is 1.97. The van der Waals surface area contributed by atoms with Crippen LogP contribution in [0.15, 0.2) is 17.0 Å². The first-order chi connectivity index (χ1) is 21.6. The minimum atomic E-state index is -4.88. The molecule has 0 unspecified atom stereocenters. The van der Waals surface area contributed by atoms with E-state index in [-0.39, 0.29) is 53.5 Å². The van der Waals surface area contributed by atoms with Crippen molar-refractivity contribution in [3.05, 3.63) is 32.9 Å². The second-order valence-corrected chi connectivity index (χ2v) is 15.0. The normalized spacial score (nSPS) is 16.5. The molecule has 10 nitrogen and oxygen atoms in total. The number of Topliss-reactive ketones (excluding diaryl/α,β-unsaturated/α-hetero) is 1. The van der Waals surface area contributed by atoms with Gasteiger partial charge < -0.3 is 10.1 Å². The predicted octanol–water partition coefficient (Wildman–Crippen LogP) is 5.86. The van der Waals surface area contributed by atoms with Crippen molar-refractivity contribution in [1.82, 2.24) is 19.9 Å². The van der Waals surface area contributed by atoms with E-state index < -0.39 is 85.7 Å². The molecule has 2 N–H and O–H groups in total. The van der Waals surface area contributed by atoms with Gasteiger partial charge in [0.2, 0.25) is 10.0 Å². The number of hydrogen-bond acceptors (Lipinski definition) is 9. The summed E-state index contributed by atoms with van der Waals surface area (Å²) in [6, 6.07) is -0.286. The summed E-state index contributed by atoms with van der Waals surface area (Å²) in [6.45, 7) is 3.21. The third kappa shape index (κ3) is 9.81. The van der Waals surface area contributed by atoms with Crippen LogP contribution in [0.4, 0.5) is 22.0 Å². The molecule has 0 saturated carbocycles. The fourth-order valence-corrected chi connectivity index (χ4v) is 8.12. The Kier molecular flexibility index (Phi) is 12.4. The zero-order chi connectivity index (χ0) is 35.5. The molecule has 1 aromatic heterocycles. The number of nitrogens with zero attached hydrogens (tertiary/aromatic N) is 2. The molecule has 1 fully saturated rings. The van der Waals surface area contributed by atoms with Crippen LogP contribution in [-0.2, 0) is 30.9 Å². The Labute approximate surface area is 282 Å². The van der Waals surface area contributed by atoms with E-state index >= 15 is 0 Å². The van der Waals surface area contributed by atoms with Crippen LogP contribution in [-0.4, -0.2) is 80.8 Å². The number of amides is 1. The minimum absolute atomic E-state index is 0.0460. The molecular formula is C28H33Cl2F5N4O6S2. The molecule has 1 saturated heterocycles. The van der Waals surface area contributed by atoms with Crippen LogP contribution in [0.2, 0.25) is 10.0 Å². The van der Waals surface area contributed by atoms with Gasteiger partial charge >= 0.3 is 12.1 Å². The number of ether oxygens (including phenoxy) is 1. The maximum Gasteiger partial charge on any atom is 0.404 e. The number of nitrogens with one attached hydrogen (secondary N) is 2. The van der Waals surface area contributed by atoms with Gasteiger partial charge in [0.25, 0.3) is 11.8 Å². The molecule has 1 aliphatic heterocycles. The minimum Gasteiger partial charge on any atom is -0.469 e. The molecule has 1 aliphatic rings. The first kappa shape index (κ1) is 39.0. The highest BCUT2D eigenvalue weighted by atomic mass is 35.5. The highest BCUT2D eigenvalue weighted by Crippen LogP contribution is 2.42. The third-order valence-corrected chi connectivity index (χ3v) is 10.9. The highest BCUT2D eigenvalue weighted by molar-refractivity contribution is 7.89. The maximum atomic E-state index is 14.2. The molecule has 262 valence electrons. The van der Waals surface area contributed by atoms with E-state index in [0.29, 0.717) is 0 Å². The predicted molar refractivity (Wildman–Crippen MR) is 165 cm³/mol. The topological polar surface area (TPSA) is 135 Å². The van der Waals surface area contributed by atoms with Crippen molar-refractivity contribution in [2.45, 2.75) is 76.0 Å². The first-order valence-corrected chi connectivity index (χ1v) is 17.2. The number of alkyl halides is 5. The molecule has 1 amide bonds. The van der Waals surface area contributed by atoms with Crippen LogP contribution in [0.3, 0.4) is 0 Å². The molecule has 19 heteroatoms. The van der Waals surface area contributed by atoms with Crippen molar-refractivity contribution >= 4 is 62.2 Å². The van der Waals surface area contributed by atoms with Crippen molar-refractivity contribution in [2.24, 2.45) is 5.41 Å².